The molecule has 0 bridgehead atoms. The Hall–Kier alpha value is -13.5. The number of pyridine rings is 3. The molecular formula is C97H113ClF6N24O13. The molecule has 18 rings (SSSR count). The fourth-order valence-corrected chi connectivity index (χ4v) is 17.1. The van der Waals surface area contributed by atoms with Crippen molar-refractivity contribution >= 4 is 69.9 Å². The van der Waals surface area contributed by atoms with Crippen LogP contribution >= 0.6 is 11.6 Å². The lowest BCUT2D eigenvalue weighted by Crippen LogP contribution is -2.56. The topological polar surface area (TPSA) is 411 Å². The number of nitrogen functional groups attached to an aromatic ring is 1. The second-order valence-electron chi connectivity index (χ2n) is 36.8. The number of nitriles is 3. The van der Waals surface area contributed by atoms with Crippen LogP contribution in [-0.4, -0.2) is 326 Å². The molecule has 5 N–H and O–H groups in total. The zero-order valence-electron chi connectivity index (χ0n) is 79.7. The third-order valence-corrected chi connectivity index (χ3v) is 25.0. The zero-order valence-corrected chi connectivity index (χ0v) is 80.4. The Labute approximate surface area is 817 Å². The minimum Gasteiger partial charge on any atom is -0.483 e. The Kier molecular flexibility index (Phi) is 32.5. The van der Waals surface area contributed by atoms with E-state index in [-0.39, 0.29) is 72.1 Å². The molecule has 0 spiro atoms. The van der Waals surface area contributed by atoms with Crippen LogP contribution in [0.2, 0.25) is 5.15 Å². The van der Waals surface area contributed by atoms with Crippen molar-refractivity contribution in [3.8, 4) is 86.9 Å². The minimum atomic E-state index is -3.36. The van der Waals surface area contributed by atoms with E-state index in [0.29, 0.717) is 105 Å². The van der Waals surface area contributed by atoms with Crippen LogP contribution in [0.1, 0.15) is 77.5 Å². The smallest absolute Gasteiger partial charge is 0.410 e. The number of aromatic nitrogens is 9. The van der Waals surface area contributed by atoms with Crippen molar-refractivity contribution in [1.82, 2.24) is 74.7 Å². The third-order valence-electron chi connectivity index (χ3n) is 24.8. The Morgan fingerprint density at radius 2 is 0.787 bits per heavy atom. The highest BCUT2D eigenvalue weighted by molar-refractivity contribution is 6.29. The summed E-state index contributed by atoms with van der Waals surface area (Å²) in [7, 11) is 4.82. The van der Waals surface area contributed by atoms with Gasteiger partial charge in [0.15, 0.2) is 18.3 Å². The van der Waals surface area contributed by atoms with Crippen LogP contribution in [0.25, 0.3) is 33.8 Å². The molecule has 44 heteroatoms. The maximum absolute atomic E-state index is 15.1. The first-order valence-corrected chi connectivity index (χ1v) is 46.7. The summed E-state index contributed by atoms with van der Waals surface area (Å²) < 4.78 is 148. The number of nitrogens with two attached hydrogens (primary N) is 1. The van der Waals surface area contributed by atoms with E-state index in [1.165, 1.54) is 55.4 Å². The SMILES string of the molecule is CC(C)(C)OC(=O)N1CCC(Oc2ccc(-c3cc(N)ncn3)cc2C#N)C(F)(F)C1.COc1nc(Cl)ccc1N1CCN(C2COC2)CC1.COc1nc(Nc2cc(-c3ccc(OC4CCN(C(=O)OC(C)(C)C)CC4(F)F)c(C#N)c3)ncn2)ccc1N1CCN(C2COC2)CC1.COc1nc(Nc2cc(-c3ccc(OC4CCNCC4(F)F)c(C#N)c3)ncn2)ccc1N1CCN(C2COC2)CC1. The van der Waals surface area contributed by atoms with E-state index in [1.54, 1.807) is 99.3 Å². The van der Waals surface area contributed by atoms with Gasteiger partial charge in [0.05, 0.1) is 133 Å². The van der Waals surface area contributed by atoms with Gasteiger partial charge in [0, 0.05) is 146 Å². The van der Waals surface area contributed by atoms with Gasteiger partial charge in [-0.1, -0.05) is 11.6 Å². The van der Waals surface area contributed by atoms with Gasteiger partial charge in [-0.3, -0.25) is 14.7 Å². The highest BCUT2D eigenvalue weighted by Crippen LogP contribution is 2.41. The van der Waals surface area contributed by atoms with E-state index >= 15 is 8.78 Å². The minimum absolute atomic E-state index is 0.0175. The molecule has 0 radical (unpaired) electrons. The number of amides is 2. The van der Waals surface area contributed by atoms with Crippen molar-refractivity contribution < 1.29 is 88.0 Å². The van der Waals surface area contributed by atoms with Gasteiger partial charge in [0.1, 0.15) is 117 Å². The number of rotatable bonds is 22. The van der Waals surface area contributed by atoms with Gasteiger partial charge in [0.25, 0.3) is 5.92 Å². The summed E-state index contributed by atoms with van der Waals surface area (Å²) in [4.78, 5) is 79.5. The second kappa shape index (κ2) is 45.0. The van der Waals surface area contributed by atoms with E-state index in [1.807, 2.05) is 48.5 Å². The molecule has 9 fully saturated rings. The van der Waals surface area contributed by atoms with Crippen molar-refractivity contribution in [2.24, 2.45) is 0 Å². The van der Waals surface area contributed by atoms with Crippen LogP contribution in [0.5, 0.6) is 34.9 Å². The van der Waals surface area contributed by atoms with Crippen molar-refractivity contribution in [3.63, 3.8) is 0 Å². The van der Waals surface area contributed by atoms with Crippen LogP contribution in [0.15, 0.2) is 128 Å². The van der Waals surface area contributed by atoms with Crippen LogP contribution in [0, 0.1) is 34.0 Å². The molecule has 3 unspecified atom stereocenters. The van der Waals surface area contributed by atoms with E-state index < -0.39 is 79.1 Å². The molecule has 3 atom stereocenters. The number of ether oxygens (including phenoxy) is 11. The molecule has 0 saturated carbocycles. The Balaban J connectivity index is 0.000000149. The summed E-state index contributed by atoms with van der Waals surface area (Å²) in [5, 5.41) is 38.6. The molecule has 37 nitrogen and oxygen atoms in total. The van der Waals surface area contributed by atoms with Crippen molar-refractivity contribution in [2.45, 2.75) is 126 Å². The number of alkyl halides is 6. The van der Waals surface area contributed by atoms with Crippen LogP contribution in [-0.2, 0) is 23.7 Å². The molecule has 6 aromatic heterocycles. The number of piperazine rings is 3. The van der Waals surface area contributed by atoms with E-state index in [0.717, 1.165) is 145 Å². The summed E-state index contributed by atoms with van der Waals surface area (Å²) in [5.41, 5.74) is 10.5. The Morgan fingerprint density at radius 3 is 1.11 bits per heavy atom. The van der Waals surface area contributed by atoms with Crippen LogP contribution in [0.3, 0.4) is 0 Å². The summed E-state index contributed by atoms with van der Waals surface area (Å²) in [6, 6.07) is 38.2. The summed E-state index contributed by atoms with van der Waals surface area (Å²) >= 11 is 5.89. The van der Waals surface area contributed by atoms with Gasteiger partial charge in [0.2, 0.25) is 17.6 Å². The number of anilines is 8. The number of hydrogen-bond acceptors (Lipinski definition) is 35. The number of carbonyl (C=O) groups excluding carboxylic acids is 2. The molecular weight excluding hydrogens is 1860 g/mol. The third kappa shape index (κ3) is 26.0. The predicted octanol–water partition coefficient (Wildman–Crippen LogP) is 12.7. The van der Waals surface area contributed by atoms with Gasteiger partial charge < -0.3 is 98.3 Å². The first-order valence-electron chi connectivity index (χ1n) is 46.3. The van der Waals surface area contributed by atoms with Crippen molar-refractivity contribution in [1.29, 1.82) is 15.8 Å². The molecule has 0 aliphatic carbocycles. The molecule has 9 saturated heterocycles. The molecule has 9 aromatic rings. The molecule has 9 aliphatic rings. The fourth-order valence-electron chi connectivity index (χ4n) is 17.0. The number of carbonyl (C=O) groups is 2. The summed E-state index contributed by atoms with van der Waals surface area (Å²) in [5.74, 6) is -5.62. The molecule has 15 heterocycles. The van der Waals surface area contributed by atoms with Gasteiger partial charge in [-0.2, -0.15) is 30.7 Å². The average molecular weight is 1970 g/mol. The van der Waals surface area contributed by atoms with E-state index in [4.69, 9.17) is 69.4 Å². The molecule has 9 aliphatic heterocycles. The number of likely N-dealkylation sites (tertiary alicyclic amines) is 2. The lowest BCUT2D eigenvalue weighted by Gasteiger charge is -2.43. The number of piperidine rings is 3. The average Bonchev–Trinajstić information content (AvgIpc) is 0.808. The normalized spacial score (nSPS) is 20.0. The Morgan fingerprint density at radius 1 is 0.440 bits per heavy atom. The van der Waals surface area contributed by atoms with Gasteiger partial charge >= 0.3 is 24.0 Å². The number of methoxy groups -OCH3 is 3. The van der Waals surface area contributed by atoms with E-state index in [2.05, 4.69) is 96.3 Å². The first kappa shape index (κ1) is 102. The standard InChI is InChI=1S/C34H40F2N8O5.C29H32F2N8O3.C21H23F2N5O3.C13H18ClN3O2/c1-33(2,3)49-32(45)44-10-9-28(34(35,36)20-44)48-27-7-5-22(15-23(27)17-37)25-16-30(39-21-38-25)40-29-8-6-26(31(41-29)46-4)43-13-11-42(12-14-43)24-18-47-19-24;1-40-28-23(39-10-8-38(9-11-39)21-15-41-16-21)3-5-26(37-28)36-27-13-22(34-18-35-27)19-2-4-24(20(12-19)14-32)42-25-6-7-33-17-29(25,30)31;1-20(2,3)31-19(29)28-7-6-17(21(22,23)11-28)30-16-5-4-13(8-14(16)10-24)15-9-18(25)27-12-26-15;1-18-13-11(2-3-12(14)15-13)17-6-4-16(5-7-17)10-8-19-9-10/h5-8,15-16,21,24,28H,9-14,18-20H2,1-4H3,(H,38,39,40,41);2-5,12-13,18,21,25,33H,6-11,15-17H2,1H3,(H,34,35,36,37);4-5,8-9,12,17H,6-7,11H2,1-3H3,(H2,25,26,27);2-3,10H,4-9H2,1H3. The number of halogens is 7. The largest absolute Gasteiger partial charge is 0.483 e. The molecule has 3 aromatic carbocycles. The maximum Gasteiger partial charge on any atom is 0.410 e. The predicted molar refractivity (Wildman–Crippen MR) is 511 cm³/mol. The van der Waals surface area contributed by atoms with Crippen LogP contribution in [0.4, 0.5) is 82.1 Å². The maximum atomic E-state index is 15.1. The Bertz CT molecular complexity index is 5980. The van der Waals surface area contributed by atoms with Gasteiger partial charge in [-0.05, 0) is 139 Å². The second-order valence-corrected chi connectivity index (χ2v) is 37.2. The lowest BCUT2D eigenvalue weighted by molar-refractivity contribution is -0.137. The fraction of sp³-hybridized carbons (Fsp3) is 0.485. The summed E-state index contributed by atoms with van der Waals surface area (Å²) in [6.45, 7) is 24.8. The van der Waals surface area contributed by atoms with Crippen molar-refractivity contribution in [2.75, 3.05) is 210 Å². The number of nitrogens with one attached hydrogen (secondary N) is 3. The number of hydrogen-bond donors (Lipinski definition) is 4. The first-order chi connectivity index (χ1) is 67.6. The highest BCUT2D eigenvalue weighted by atomic mass is 35.5. The summed E-state index contributed by atoms with van der Waals surface area (Å²) in [6.07, 6.45) is -1.93. The van der Waals surface area contributed by atoms with E-state index in [9.17, 15) is 42.9 Å². The van der Waals surface area contributed by atoms with Gasteiger partial charge in [-0.25, -0.2) is 65.8 Å². The number of nitrogens with zero attached hydrogens (tertiary/aromatic N) is 20. The van der Waals surface area contributed by atoms with Crippen LogP contribution < -0.4 is 64.8 Å². The lowest BCUT2D eigenvalue weighted by atomic mass is 10.0. The van der Waals surface area contributed by atoms with Gasteiger partial charge in [-0.15, -0.1) is 0 Å². The molecule has 748 valence electrons. The molecule has 2 amide bonds. The molecule has 141 heavy (non-hydrogen) atoms. The zero-order chi connectivity index (χ0) is 99.9. The highest BCUT2D eigenvalue weighted by Gasteiger charge is 2.51. The quantitative estimate of drug-likeness (QED) is 0.0361. The monoisotopic (exact) mass is 1970 g/mol. The van der Waals surface area contributed by atoms with Crippen molar-refractivity contribution in [3.05, 3.63) is 150 Å². The number of benzene rings is 3.